The summed E-state index contributed by atoms with van der Waals surface area (Å²) in [5.41, 5.74) is 2.09. The van der Waals surface area contributed by atoms with Crippen molar-refractivity contribution in [1.82, 2.24) is 20.2 Å². The van der Waals surface area contributed by atoms with E-state index >= 15 is 0 Å². The lowest BCUT2D eigenvalue weighted by Gasteiger charge is -2.63. The Hall–Kier alpha value is -5.99. The molecule has 4 heterocycles. The van der Waals surface area contributed by atoms with Crippen molar-refractivity contribution >= 4 is 40.8 Å². The Kier molecular flexibility index (Phi) is 11.3. The number of nitriles is 2. The predicted molar refractivity (Wildman–Crippen MR) is 225 cm³/mol. The zero-order valence-electron chi connectivity index (χ0n) is 35.3. The number of rotatable bonds is 11. The number of Topliss-reactive ketones (excluding diaryl/α,β-unsaturated/α-hetero) is 3. The van der Waals surface area contributed by atoms with E-state index in [0.29, 0.717) is 46.3 Å². The zero-order chi connectivity index (χ0) is 43.2. The molecule has 2 aliphatic carbocycles. The minimum absolute atomic E-state index is 0.000121. The molecule has 2 unspecified atom stereocenters. The molecular formula is C47H52N8O6. The lowest BCUT2D eigenvalue weighted by Crippen LogP contribution is -2.66. The maximum atomic E-state index is 13.6. The number of piperazine rings is 1. The highest BCUT2D eigenvalue weighted by molar-refractivity contribution is 6.28. The molecule has 316 valence electrons. The molecular weight excluding hydrogens is 773 g/mol. The standard InChI is InChI=1S/C47H52N8O6/c1-46(2)38(47(3,4)44(46)61-33-7-5-29(24-48)30(21-33)25-49)23-37(56)31-26-50-45(51-27-31)55-15-12-28(13-16-55)11-14-53-17-19-54(20-18-53)32-6-8-34-36(22-32)42(59)40(41(34)58)35-9-10-39(57)52-43(35)60/h5-8,21-22,26-28,35,38,40,44H,9-20,23H2,1-4H3,(H,52,57,60). The fourth-order valence-electron chi connectivity index (χ4n) is 10.9. The summed E-state index contributed by atoms with van der Waals surface area (Å²) in [7, 11) is 0. The summed E-state index contributed by atoms with van der Waals surface area (Å²) in [6, 6.07) is 14.4. The van der Waals surface area contributed by atoms with E-state index in [2.05, 4.69) is 63.7 Å². The molecule has 3 saturated heterocycles. The van der Waals surface area contributed by atoms with E-state index in [1.165, 1.54) is 0 Å². The van der Waals surface area contributed by atoms with Gasteiger partial charge in [0, 0.05) is 92.1 Å². The molecule has 8 rings (SSSR count). The van der Waals surface area contributed by atoms with Crippen LogP contribution in [0, 0.1) is 57.2 Å². The van der Waals surface area contributed by atoms with E-state index < -0.39 is 17.7 Å². The second kappa shape index (κ2) is 16.5. The second-order valence-electron chi connectivity index (χ2n) is 18.6. The van der Waals surface area contributed by atoms with Gasteiger partial charge in [0.2, 0.25) is 17.8 Å². The molecule has 14 heteroatoms. The number of benzene rings is 2. The SMILES string of the molecule is CC1(C)C(CC(=O)c2cnc(N3CCC(CCN4CCN(c5ccc6c(c5)C(=O)C(C5CCC(=O)NC5=O)C6=O)CC4)CC3)nc2)C(C)(C)C1Oc1ccc(C#N)c(C#N)c1. The first-order chi connectivity index (χ1) is 29.2. The van der Waals surface area contributed by atoms with Gasteiger partial charge in [-0.3, -0.25) is 34.2 Å². The predicted octanol–water partition coefficient (Wildman–Crippen LogP) is 5.40. The number of nitrogens with zero attached hydrogens (tertiary/aromatic N) is 7. The first kappa shape index (κ1) is 41.7. The van der Waals surface area contributed by atoms with Crippen molar-refractivity contribution in [2.45, 2.75) is 72.3 Å². The maximum Gasteiger partial charge on any atom is 0.230 e. The van der Waals surface area contributed by atoms with E-state index in [-0.39, 0.29) is 64.5 Å². The largest absolute Gasteiger partial charge is 0.489 e. The van der Waals surface area contributed by atoms with Crippen LogP contribution in [0.25, 0.3) is 0 Å². The molecule has 0 radical (unpaired) electrons. The number of imide groups is 1. The van der Waals surface area contributed by atoms with Crippen LogP contribution in [0.1, 0.15) is 108 Å². The number of aromatic nitrogens is 2. The molecule has 1 aromatic heterocycles. The van der Waals surface area contributed by atoms with Gasteiger partial charge >= 0.3 is 0 Å². The maximum absolute atomic E-state index is 13.6. The molecule has 2 atom stereocenters. The van der Waals surface area contributed by atoms with Gasteiger partial charge in [-0.25, -0.2) is 9.97 Å². The summed E-state index contributed by atoms with van der Waals surface area (Å²) < 4.78 is 6.40. The van der Waals surface area contributed by atoms with Crippen LogP contribution in [0.2, 0.25) is 0 Å². The van der Waals surface area contributed by atoms with E-state index in [1.807, 2.05) is 12.1 Å². The smallest absolute Gasteiger partial charge is 0.230 e. The van der Waals surface area contributed by atoms with Crippen molar-refractivity contribution < 1.29 is 28.7 Å². The zero-order valence-corrected chi connectivity index (χ0v) is 35.3. The van der Waals surface area contributed by atoms with Crippen LogP contribution in [0.4, 0.5) is 11.6 Å². The molecule has 61 heavy (non-hydrogen) atoms. The van der Waals surface area contributed by atoms with E-state index in [9.17, 15) is 34.5 Å². The van der Waals surface area contributed by atoms with Crippen LogP contribution in [0.15, 0.2) is 48.8 Å². The molecule has 0 spiro atoms. The number of hydrogen-bond donors (Lipinski definition) is 1. The average Bonchev–Trinajstić information content (AvgIpc) is 3.51. The number of anilines is 2. The van der Waals surface area contributed by atoms with E-state index in [4.69, 9.17) is 4.74 Å². The van der Waals surface area contributed by atoms with E-state index in [0.717, 1.165) is 70.8 Å². The summed E-state index contributed by atoms with van der Waals surface area (Å²) in [4.78, 5) is 80.5. The second-order valence-corrected chi connectivity index (χ2v) is 18.6. The third-order valence-electron chi connectivity index (χ3n) is 14.3. The molecule has 3 aromatic rings. The third-order valence-corrected chi connectivity index (χ3v) is 14.3. The van der Waals surface area contributed by atoms with E-state index in [1.54, 1.807) is 42.7 Å². The minimum atomic E-state index is -1.06. The van der Waals surface area contributed by atoms with Crippen LogP contribution in [0.3, 0.4) is 0 Å². The van der Waals surface area contributed by atoms with Crippen LogP contribution < -0.4 is 19.9 Å². The number of piperidine rings is 2. The first-order valence-electron chi connectivity index (χ1n) is 21.4. The Balaban J connectivity index is 0.771. The fourth-order valence-corrected chi connectivity index (χ4v) is 10.9. The van der Waals surface area contributed by atoms with Crippen molar-refractivity contribution in [3.05, 3.63) is 76.6 Å². The molecule has 5 aliphatic rings. The molecule has 4 fully saturated rings. The number of amides is 2. The highest BCUT2D eigenvalue weighted by atomic mass is 16.5. The molecule has 2 aromatic carbocycles. The van der Waals surface area contributed by atoms with Gasteiger partial charge in [-0.15, -0.1) is 0 Å². The molecule has 2 amide bonds. The lowest BCUT2D eigenvalue weighted by atomic mass is 9.44. The fraction of sp³-hybridized carbons (Fsp3) is 0.511. The van der Waals surface area contributed by atoms with Gasteiger partial charge in [0.05, 0.1) is 28.5 Å². The van der Waals surface area contributed by atoms with Gasteiger partial charge in [-0.1, -0.05) is 27.7 Å². The van der Waals surface area contributed by atoms with Crippen molar-refractivity contribution in [3.63, 3.8) is 0 Å². The summed E-state index contributed by atoms with van der Waals surface area (Å²) in [5.74, 6) is -1.61. The third kappa shape index (κ3) is 7.90. The van der Waals surface area contributed by atoms with Gasteiger partial charge in [0.15, 0.2) is 17.3 Å². The Morgan fingerprint density at radius 3 is 2.15 bits per heavy atom. The van der Waals surface area contributed by atoms with Crippen LogP contribution >= 0.6 is 0 Å². The Morgan fingerprint density at radius 1 is 0.820 bits per heavy atom. The van der Waals surface area contributed by atoms with Crippen molar-refractivity contribution in [1.29, 1.82) is 10.5 Å². The number of carbonyl (C=O) groups excluding carboxylic acids is 5. The normalized spacial score (nSPS) is 25.0. The van der Waals surface area contributed by atoms with Crippen molar-refractivity contribution in [3.8, 4) is 17.9 Å². The first-order valence-corrected chi connectivity index (χ1v) is 21.4. The van der Waals surface area contributed by atoms with Crippen molar-refractivity contribution in [2.75, 3.05) is 55.6 Å². The number of ether oxygens (including phenoxy) is 1. The Bertz CT molecular complexity index is 2330. The molecule has 1 saturated carbocycles. The molecule has 1 N–H and O–H groups in total. The number of ketones is 3. The quantitative estimate of drug-likeness (QED) is 0.147. The molecule has 3 aliphatic heterocycles. The summed E-state index contributed by atoms with van der Waals surface area (Å²) in [5, 5.41) is 21.0. The monoisotopic (exact) mass is 824 g/mol. The summed E-state index contributed by atoms with van der Waals surface area (Å²) in [6.45, 7) is 14.6. The lowest BCUT2D eigenvalue weighted by molar-refractivity contribution is -0.196. The van der Waals surface area contributed by atoms with Gasteiger partial charge in [0.25, 0.3) is 0 Å². The Labute approximate surface area is 356 Å². The summed E-state index contributed by atoms with van der Waals surface area (Å²) >= 11 is 0. The number of nitrogens with one attached hydrogen (secondary N) is 1. The van der Waals surface area contributed by atoms with Crippen LogP contribution in [-0.2, 0) is 9.59 Å². The van der Waals surface area contributed by atoms with Gasteiger partial charge < -0.3 is 14.5 Å². The van der Waals surface area contributed by atoms with Gasteiger partial charge in [0.1, 0.15) is 24.0 Å². The summed E-state index contributed by atoms with van der Waals surface area (Å²) in [6.07, 6.45) is 6.98. The highest BCUT2D eigenvalue weighted by Crippen LogP contribution is 2.61. The highest BCUT2D eigenvalue weighted by Gasteiger charge is 2.63. The Morgan fingerprint density at radius 2 is 1.49 bits per heavy atom. The van der Waals surface area contributed by atoms with Crippen LogP contribution in [-0.4, -0.2) is 95.9 Å². The molecule has 14 nitrogen and oxygen atoms in total. The topological polar surface area (TPSA) is 190 Å². The van der Waals surface area contributed by atoms with Gasteiger partial charge in [-0.2, -0.15) is 10.5 Å². The molecule has 0 bridgehead atoms. The minimum Gasteiger partial charge on any atom is -0.489 e. The number of fused-ring (bicyclic) bond motifs is 1. The average molecular weight is 825 g/mol. The van der Waals surface area contributed by atoms with Crippen molar-refractivity contribution in [2.24, 2.45) is 34.5 Å². The number of carbonyl (C=O) groups is 5. The van der Waals surface area contributed by atoms with Gasteiger partial charge in [-0.05, 0) is 80.5 Å². The van der Waals surface area contributed by atoms with Crippen LogP contribution in [0.5, 0.6) is 5.75 Å². The number of hydrogen-bond acceptors (Lipinski definition) is 13.